The van der Waals surface area contributed by atoms with E-state index in [1.54, 1.807) is 23.1 Å². The second-order valence-electron chi connectivity index (χ2n) is 5.16. The summed E-state index contributed by atoms with van der Waals surface area (Å²) in [7, 11) is 0. The van der Waals surface area contributed by atoms with Crippen LogP contribution in [0.4, 0.5) is 0 Å². The predicted molar refractivity (Wildman–Crippen MR) is 80.1 cm³/mol. The molecular formula is C15H12ClN3O4. The van der Waals surface area contributed by atoms with E-state index >= 15 is 0 Å². The molecule has 1 aliphatic rings. The lowest BCUT2D eigenvalue weighted by Crippen LogP contribution is -2.42. The number of nitrogens with zero attached hydrogens (tertiary/aromatic N) is 3. The van der Waals surface area contributed by atoms with Gasteiger partial charge in [0.2, 0.25) is 12.2 Å². The van der Waals surface area contributed by atoms with E-state index in [-0.39, 0.29) is 5.91 Å². The van der Waals surface area contributed by atoms with Gasteiger partial charge in [0.25, 0.3) is 5.91 Å². The Morgan fingerprint density at radius 1 is 1.35 bits per heavy atom. The van der Waals surface area contributed by atoms with Crippen molar-refractivity contribution in [2.45, 2.75) is 6.10 Å². The zero-order valence-electron chi connectivity index (χ0n) is 11.9. The van der Waals surface area contributed by atoms with Crippen molar-refractivity contribution in [3.63, 3.8) is 0 Å². The van der Waals surface area contributed by atoms with Gasteiger partial charge in [0.15, 0.2) is 5.58 Å². The van der Waals surface area contributed by atoms with E-state index in [2.05, 4.69) is 10.1 Å². The maximum absolute atomic E-state index is 12.9. The first-order valence-corrected chi connectivity index (χ1v) is 7.44. The highest BCUT2D eigenvalue weighted by Crippen LogP contribution is 2.29. The molecular weight excluding hydrogens is 322 g/mol. The number of fused-ring (bicyclic) bond motifs is 1. The number of benzene rings is 1. The molecule has 0 aliphatic carbocycles. The topological polar surface area (TPSA) is 81.6 Å². The standard InChI is InChI=1S/C15H12ClN3O4/c16-11-2-1-10(9-3-5-22-13(9)11)15(20)19-4-6-21-12(7-19)14-17-8-23-18-14/h1-3,5,8,12H,4,6-7H2. The SMILES string of the molecule is O=C(c1ccc(Cl)c2occc12)N1CCOC(c2ncon2)C1. The van der Waals surface area contributed by atoms with Gasteiger partial charge in [-0.2, -0.15) is 4.98 Å². The number of rotatable bonds is 2. The van der Waals surface area contributed by atoms with Crippen LogP contribution >= 0.6 is 11.6 Å². The van der Waals surface area contributed by atoms with Crippen LogP contribution in [0.3, 0.4) is 0 Å². The molecule has 0 radical (unpaired) electrons. The Hall–Kier alpha value is -2.38. The zero-order chi connectivity index (χ0) is 15.8. The Morgan fingerprint density at radius 3 is 3.09 bits per heavy atom. The average Bonchev–Trinajstić information content (AvgIpc) is 3.27. The van der Waals surface area contributed by atoms with Crippen molar-refractivity contribution in [2.75, 3.05) is 19.7 Å². The number of furan rings is 1. The summed E-state index contributed by atoms with van der Waals surface area (Å²) in [6, 6.07) is 5.12. The number of aromatic nitrogens is 2. The van der Waals surface area contributed by atoms with E-state index in [1.165, 1.54) is 12.7 Å². The van der Waals surface area contributed by atoms with Crippen LogP contribution in [0.15, 0.2) is 39.8 Å². The molecule has 1 unspecified atom stereocenters. The Bertz CT molecular complexity index is 846. The van der Waals surface area contributed by atoms with Crippen LogP contribution in [0.5, 0.6) is 0 Å². The van der Waals surface area contributed by atoms with Crippen LogP contribution in [-0.4, -0.2) is 40.6 Å². The highest BCUT2D eigenvalue weighted by atomic mass is 35.5. The minimum Gasteiger partial charge on any atom is -0.463 e. The van der Waals surface area contributed by atoms with Gasteiger partial charge in [0.05, 0.1) is 30.0 Å². The molecule has 1 saturated heterocycles. The molecule has 0 bridgehead atoms. The smallest absolute Gasteiger partial charge is 0.254 e. The molecule has 118 valence electrons. The number of carbonyl (C=O) groups excluding carboxylic acids is 1. The Balaban J connectivity index is 1.63. The largest absolute Gasteiger partial charge is 0.463 e. The van der Waals surface area contributed by atoms with Crippen LogP contribution in [0.25, 0.3) is 11.0 Å². The van der Waals surface area contributed by atoms with Gasteiger partial charge < -0.3 is 18.6 Å². The van der Waals surface area contributed by atoms with Crippen molar-refractivity contribution in [2.24, 2.45) is 0 Å². The van der Waals surface area contributed by atoms with Crippen LogP contribution in [0, 0.1) is 0 Å². The van der Waals surface area contributed by atoms with E-state index in [0.717, 1.165) is 0 Å². The molecule has 0 N–H and O–H groups in total. The molecule has 0 spiro atoms. The van der Waals surface area contributed by atoms with Gasteiger partial charge in [0, 0.05) is 11.9 Å². The molecule has 8 heteroatoms. The Labute approximate surface area is 135 Å². The van der Waals surface area contributed by atoms with E-state index in [0.29, 0.717) is 47.1 Å². The molecule has 1 aliphatic heterocycles. The highest BCUT2D eigenvalue weighted by Gasteiger charge is 2.29. The molecule has 7 nitrogen and oxygen atoms in total. The van der Waals surface area contributed by atoms with Crippen molar-refractivity contribution in [3.8, 4) is 0 Å². The second-order valence-corrected chi connectivity index (χ2v) is 5.57. The van der Waals surface area contributed by atoms with E-state index in [1.807, 2.05) is 0 Å². The summed E-state index contributed by atoms with van der Waals surface area (Å²) in [5, 5.41) is 4.96. The van der Waals surface area contributed by atoms with Crippen LogP contribution in [0.2, 0.25) is 5.02 Å². The van der Waals surface area contributed by atoms with Crippen LogP contribution in [-0.2, 0) is 4.74 Å². The van der Waals surface area contributed by atoms with Gasteiger partial charge in [0.1, 0.15) is 6.10 Å². The minimum atomic E-state index is -0.390. The number of hydrogen-bond donors (Lipinski definition) is 0. The van der Waals surface area contributed by atoms with Gasteiger partial charge in [-0.3, -0.25) is 4.79 Å². The van der Waals surface area contributed by atoms with Crippen LogP contribution < -0.4 is 0 Å². The van der Waals surface area contributed by atoms with Crippen molar-refractivity contribution in [1.29, 1.82) is 0 Å². The maximum Gasteiger partial charge on any atom is 0.254 e. The fourth-order valence-corrected chi connectivity index (χ4v) is 2.91. The first-order chi connectivity index (χ1) is 11.2. The molecule has 1 amide bonds. The highest BCUT2D eigenvalue weighted by molar-refractivity contribution is 6.35. The Kier molecular flexibility index (Phi) is 3.51. The first-order valence-electron chi connectivity index (χ1n) is 7.07. The molecule has 3 heterocycles. The maximum atomic E-state index is 12.9. The van der Waals surface area contributed by atoms with Gasteiger partial charge in [-0.1, -0.05) is 16.8 Å². The monoisotopic (exact) mass is 333 g/mol. The van der Waals surface area contributed by atoms with Gasteiger partial charge in [-0.15, -0.1) is 0 Å². The lowest BCUT2D eigenvalue weighted by atomic mass is 10.1. The number of hydrogen-bond acceptors (Lipinski definition) is 6. The van der Waals surface area contributed by atoms with Crippen LogP contribution in [0.1, 0.15) is 22.3 Å². The van der Waals surface area contributed by atoms with E-state index in [9.17, 15) is 4.79 Å². The number of carbonyl (C=O) groups is 1. The number of halogens is 1. The molecule has 3 aromatic rings. The van der Waals surface area contributed by atoms with E-state index < -0.39 is 6.10 Å². The first kappa shape index (κ1) is 14.2. The summed E-state index contributed by atoms with van der Waals surface area (Å²) < 4.78 is 15.7. The van der Waals surface area contributed by atoms with Crippen molar-refractivity contribution in [1.82, 2.24) is 15.0 Å². The summed E-state index contributed by atoms with van der Waals surface area (Å²) in [5.74, 6) is 0.330. The summed E-state index contributed by atoms with van der Waals surface area (Å²) in [6.45, 7) is 1.27. The molecule has 0 saturated carbocycles. The lowest BCUT2D eigenvalue weighted by molar-refractivity contribution is -0.0275. The quantitative estimate of drug-likeness (QED) is 0.717. The fourth-order valence-electron chi connectivity index (χ4n) is 2.70. The second kappa shape index (κ2) is 5.68. The third-order valence-corrected chi connectivity index (χ3v) is 4.12. The predicted octanol–water partition coefficient (Wildman–Crippen LogP) is 2.68. The van der Waals surface area contributed by atoms with Gasteiger partial charge in [-0.05, 0) is 18.2 Å². The molecule has 23 heavy (non-hydrogen) atoms. The number of ether oxygens (including phenoxy) is 1. The van der Waals surface area contributed by atoms with E-state index in [4.69, 9.17) is 25.3 Å². The molecule has 1 fully saturated rings. The number of morpholine rings is 1. The molecule has 1 atom stereocenters. The fraction of sp³-hybridized carbons (Fsp3) is 0.267. The summed E-state index contributed by atoms with van der Waals surface area (Å²) in [5.41, 5.74) is 1.06. The third kappa shape index (κ3) is 2.47. The summed E-state index contributed by atoms with van der Waals surface area (Å²) in [6.07, 6.45) is 2.38. The zero-order valence-corrected chi connectivity index (χ0v) is 12.7. The van der Waals surface area contributed by atoms with Crippen molar-refractivity contribution >= 4 is 28.5 Å². The third-order valence-electron chi connectivity index (χ3n) is 3.82. The number of amides is 1. The molecule has 1 aromatic carbocycles. The van der Waals surface area contributed by atoms with Gasteiger partial charge in [-0.25, -0.2) is 0 Å². The summed E-state index contributed by atoms with van der Waals surface area (Å²) in [4.78, 5) is 18.6. The average molecular weight is 334 g/mol. The van der Waals surface area contributed by atoms with Crippen molar-refractivity contribution < 1.29 is 18.5 Å². The van der Waals surface area contributed by atoms with Crippen molar-refractivity contribution in [3.05, 3.63) is 47.3 Å². The summed E-state index contributed by atoms with van der Waals surface area (Å²) >= 11 is 6.09. The molecule has 4 rings (SSSR count). The lowest BCUT2D eigenvalue weighted by Gasteiger charge is -2.31. The minimum absolute atomic E-state index is 0.107. The normalized spacial score (nSPS) is 18.5. The molecule has 2 aromatic heterocycles. The van der Waals surface area contributed by atoms with Gasteiger partial charge >= 0.3 is 0 Å². The Morgan fingerprint density at radius 2 is 2.26 bits per heavy atom.